The van der Waals surface area contributed by atoms with Gasteiger partial charge in [-0.05, 0) is 26.0 Å². The zero-order valence-electron chi connectivity index (χ0n) is 11.6. The number of hydrogen-bond acceptors (Lipinski definition) is 3. The van der Waals surface area contributed by atoms with Gasteiger partial charge in [-0.1, -0.05) is 6.58 Å². The minimum atomic E-state index is -0.242. The summed E-state index contributed by atoms with van der Waals surface area (Å²) in [6.07, 6.45) is 1.21. The van der Waals surface area contributed by atoms with Crippen LogP contribution in [0.4, 0.5) is 0 Å². The number of carbonyl (C=O) groups excluding carboxylic acids is 2. The van der Waals surface area contributed by atoms with Crippen LogP contribution in [-0.4, -0.2) is 39.6 Å². The van der Waals surface area contributed by atoms with Crippen LogP contribution >= 0.6 is 0 Å². The number of nitrogens with one attached hydrogen (secondary N) is 1. The Morgan fingerprint density at radius 2 is 2.26 bits per heavy atom. The predicted molar refractivity (Wildman–Crippen MR) is 72.2 cm³/mol. The zero-order valence-corrected chi connectivity index (χ0v) is 11.6. The maximum atomic E-state index is 11.8. The van der Waals surface area contributed by atoms with Crippen molar-refractivity contribution in [1.29, 1.82) is 0 Å². The summed E-state index contributed by atoms with van der Waals surface area (Å²) >= 11 is 0. The Morgan fingerprint density at radius 1 is 1.58 bits per heavy atom. The van der Waals surface area contributed by atoms with Gasteiger partial charge in [0.15, 0.2) is 0 Å². The molecule has 0 aromatic carbocycles. The maximum Gasteiger partial charge on any atom is 0.246 e. The molecule has 1 heterocycles. The zero-order chi connectivity index (χ0) is 14.4. The Balaban J connectivity index is 2.49. The van der Waals surface area contributed by atoms with Crippen molar-refractivity contribution in [2.24, 2.45) is 7.05 Å². The second-order valence-corrected chi connectivity index (χ2v) is 4.23. The molecule has 0 aliphatic heterocycles. The van der Waals surface area contributed by atoms with E-state index in [0.717, 1.165) is 11.4 Å². The van der Waals surface area contributed by atoms with E-state index < -0.39 is 0 Å². The van der Waals surface area contributed by atoms with Gasteiger partial charge in [-0.15, -0.1) is 0 Å². The van der Waals surface area contributed by atoms with Crippen molar-refractivity contribution in [2.45, 2.75) is 20.4 Å². The monoisotopic (exact) mass is 264 g/mol. The first-order valence-electron chi connectivity index (χ1n) is 6.15. The van der Waals surface area contributed by atoms with Crippen LogP contribution in [0.3, 0.4) is 0 Å². The summed E-state index contributed by atoms with van der Waals surface area (Å²) in [6, 6.07) is 1.91. The van der Waals surface area contributed by atoms with Crippen LogP contribution in [0, 0.1) is 6.92 Å². The highest BCUT2D eigenvalue weighted by molar-refractivity contribution is 5.90. The average Bonchev–Trinajstić information content (AvgIpc) is 2.71. The summed E-state index contributed by atoms with van der Waals surface area (Å²) < 4.78 is 1.72. The molecule has 0 unspecified atom stereocenters. The van der Waals surface area contributed by atoms with Gasteiger partial charge in [0.05, 0.1) is 24.5 Å². The highest BCUT2D eigenvalue weighted by atomic mass is 16.2. The number of rotatable bonds is 6. The fraction of sp³-hybridized carbons (Fsp3) is 0.462. The molecule has 0 saturated carbocycles. The van der Waals surface area contributed by atoms with Crippen LogP contribution in [0.5, 0.6) is 0 Å². The van der Waals surface area contributed by atoms with E-state index in [9.17, 15) is 9.59 Å². The van der Waals surface area contributed by atoms with Gasteiger partial charge >= 0.3 is 0 Å². The van der Waals surface area contributed by atoms with Crippen molar-refractivity contribution in [3.63, 3.8) is 0 Å². The van der Waals surface area contributed by atoms with Gasteiger partial charge in [0.25, 0.3) is 0 Å². The van der Waals surface area contributed by atoms with Crippen molar-refractivity contribution < 1.29 is 9.59 Å². The summed E-state index contributed by atoms with van der Waals surface area (Å²) in [4.78, 5) is 24.6. The lowest BCUT2D eigenvalue weighted by atomic mass is 10.3. The van der Waals surface area contributed by atoms with Crippen molar-refractivity contribution in [3.05, 3.63) is 30.1 Å². The molecule has 0 radical (unpaired) electrons. The minimum Gasteiger partial charge on any atom is -0.349 e. The maximum absolute atomic E-state index is 11.8. The van der Waals surface area contributed by atoms with Crippen LogP contribution in [0.15, 0.2) is 18.7 Å². The number of aryl methyl sites for hydroxylation is 2. The summed E-state index contributed by atoms with van der Waals surface area (Å²) in [6.45, 7) is 8.04. The fourth-order valence-electron chi connectivity index (χ4n) is 1.72. The molecule has 1 N–H and O–H groups in total. The van der Waals surface area contributed by atoms with Gasteiger partial charge in [-0.25, -0.2) is 0 Å². The SMILES string of the molecule is C=CC(=O)N(CC)CC(=O)NCc1cc(C)nn1C. The standard InChI is InChI=1S/C13H20N4O2/c1-5-13(19)17(6-2)9-12(18)14-8-11-7-10(3)15-16(11)4/h5,7H,1,6,8-9H2,2-4H3,(H,14,18). The first-order chi connectivity index (χ1) is 8.97. The van der Waals surface area contributed by atoms with Gasteiger partial charge in [0.1, 0.15) is 0 Å². The Labute approximate surface area is 113 Å². The Kier molecular flexibility index (Phi) is 5.29. The number of amides is 2. The second kappa shape index (κ2) is 6.72. The van der Waals surface area contributed by atoms with Crippen molar-refractivity contribution >= 4 is 11.8 Å². The molecule has 1 aromatic rings. The Morgan fingerprint density at radius 3 is 2.74 bits per heavy atom. The van der Waals surface area contributed by atoms with E-state index in [1.165, 1.54) is 11.0 Å². The van der Waals surface area contributed by atoms with Gasteiger partial charge in [-0.2, -0.15) is 5.10 Å². The largest absolute Gasteiger partial charge is 0.349 e. The average molecular weight is 264 g/mol. The van der Waals surface area contributed by atoms with E-state index in [2.05, 4.69) is 17.0 Å². The third-order valence-corrected chi connectivity index (χ3v) is 2.77. The lowest BCUT2D eigenvalue weighted by molar-refractivity contribution is -0.132. The summed E-state index contributed by atoms with van der Waals surface area (Å²) in [5, 5.41) is 6.96. The molecule has 19 heavy (non-hydrogen) atoms. The summed E-state index contributed by atoms with van der Waals surface area (Å²) in [5.74, 6) is -0.440. The molecule has 1 rings (SSSR count). The van der Waals surface area contributed by atoms with Crippen LogP contribution in [0.25, 0.3) is 0 Å². The first kappa shape index (κ1) is 14.9. The quantitative estimate of drug-likeness (QED) is 0.755. The first-order valence-corrected chi connectivity index (χ1v) is 6.15. The molecule has 2 amide bonds. The number of hydrogen-bond donors (Lipinski definition) is 1. The van der Waals surface area contributed by atoms with Gasteiger partial charge in [0, 0.05) is 13.6 Å². The summed E-state index contributed by atoms with van der Waals surface area (Å²) in [7, 11) is 1.83. The molecule has 0 saturated heterocycles. The third kappa shape index (κ3) is 4.24. The highest BCUT2D eigenvalue weighted by Crippen LogP contribution is 2.01. The van der Waals surface area contributed by atoms with Crippen molar-refractivity contribution in [3.8, 4) is 0 Å². The number of nitrogens with zero attached hydrogens (tertiary/aromatic N) is 3. The third-order valence-electron chi connectivity index (χ3n) is 2.77. The minimum absolute atomic E-state index is 0.0399. The fourth-order valence-corrected chi connectivity index (χ4v) is 1.72. The molecule has 0 aliphatic rings. The van der Waals surface area contributed by atoms with E-state index in [1.807, 2.05) is 27.0 Å². The van der Waals surface area contributed by atoms with Crippen molar-refractivity contribution in [1.82, 2.24) is 20.0 Å². The lowest BCUT2D eigenvalue weighted by Crippen LogP contribution is -2.39. The smallest absolute Gasteiger partial charge is 0.246 e. The molecule has 0 fully saturated rings. The molecule has 0 atom stereocenters. The molecule has 6 heteroatoms. The van der Waals surface area contributed by atoms with Crippen LogP contribution in [-0.2, 0) is 23.2 Å². The molecular weight excluding hydrogens is 244 g/mol. The molecule has 0 bridgehead atoms. The Hall–Kier alpha value is -2.11. The van der Waals surface area contributed by atoms with E-state index in [-0.39, 0.29) is 18.4 Å². The Bertz CT molecular complexity index is 479. The highest BCUT2D eigenvalue weighted by Gasteiger charge is 2.13. The molecule has 6 nitrogen and oxygen atoms in total. The van der Waals surface area contributed by atoms with Crippen molar-refractivity contribution in [2.75, 3.05) is 13.1 Å². The van der Waals surface area contributed by atoms with E-state index in [1.54, 1.807) is 4.68 Å². The molecule has 1 aromatic heterocycles. The molecule has 0 spiro atoms. The molecule has 104 valence electrons. The lowest BCUT2D eigenvalue weighted by Gasteiger charge is -2.18. The van der Waals surface area contributed by atoms with E-state index >= 15 is 0 Å². The van der Waals surface area contributed by atoms with Crippen LogP contribution in [0.2, 0.25) is 0 Å². The normalized spacial score (nSPS) is 10.1. The predicted octanol–water partition coefficient (Wildman–Crippen LogP) is 0.379. The number of likely N-dealkylation sites (N-methyl/N-ethyl adjacent to an activating group) is 1. The van der Waals surface area contributed by atoms with Crippen LogP contribution < -0.4 is 5.32 Å². The van der Waals surface area contributed by atoms with Gasteiger partial charge < -0.3 is 10.2 Å². The van der Waals surface area contributed by atoms with Gasteiger partial charge in [0.2, 0.25) is 11.8 Å². The van der Waals surface area contributed by atoms with Crippen LogP contribution in [0.1, 0.15) is 18.3 Å². The molecule has 0 aliphatic carbocycles. The number of aromatic nitrogens is 2. The second-order valence-electron chi connectivity index (χ2n) is 4.23. The summed E-state index contributed by atoms with van der Waals surface area (Å²) in [5.41, 5.74) is 1.83. The van der Waals surface area contributed by atoms with E-state index in [0.29, 0.717) is 13.1 Å². The molecular formula is C13H20N4O2. The van der Waals surface area contributed by atoms with E-state index in [4.69, 9.17) is 0 Å². The topological polar surface area (TPSA) is 67.2 Å². The van der Waals surface area contributed by atoms with Gasteiger partial charge in [-0.3, -0.25) is 14.3 Å². The number of carbonyl (C=O) groups is 2.